The van der Waals surface area contributed by atoms with Crippen molar-refractivity contribution in [2.24, 2.45) is 0 Å². The number of rotatable bonds is 10. The van der Waals surface area contributed by atoms with E-state index >= 15 is 0 Å². The van der Waals surface area contributed by atoms with Crippen molar-refractivity contribution in [3.05, 3.63) is 62.5 Å². The number of anilines is 1. The Morgan fingerprint density at radius 3 is 2.24 bits per heavy atom. The summed E-state index contributed by atoms with van der Waals surface area (Å²) in [5.41, 5.74) is 0.781. The van der Waals surface area contributed by atoms with Crippen molar-refractivity contribution in [1.29, 1.82) is 0 Å². The van der Waals surface area contributed by atoms with Crippen LogP contribution in [0.25, 0.3) is 0 Å². The first-order chi connectivity index (χ1) is 15.5. The highest BCUT2D eigenvalue weighted by Gasteiger charge is 2.31. The number of nitrogens with zero attached hydrogens (tertiary/aromatic N) is 2. The Kier molecular flexibility index (Phi) is 10.0. The van der Waals surface area contributed by atoms with E-state index < -0.39 is 28.5 Å². The zero-order valence-corrected chi connectivity index (χ0v) is 22.4. The van der Waals surface area contributed by atoms with E-state index in [1.54, 1.807) is 49.4 Å². The number of hydrogen-bond donors (Lipinski definition) is 1. The summed E-state index contributed by atoms with van der Waals surface area (Å²) in [6.45, 7) is 3.38. The molecular formula is C22H26BrCl2N3O4S. The summed E-state index contributed by atoms with van der Waals surface area (Å²) in [6, 6.07) is 10.7. The second-order valence-electron chi connectivity index (χ2n) is 7.41. The van der Waals surface area contributed by atoms with Gasteiger partial charge in [0.2, 0.25) is 21.8 Å². The molecule has 0 bridgehead atoms. The monoisotopic (exact) mass is 577 g/mol. The largest absolute Gasteiger partial charge is 0.354 e. The van der Waals surface area contributed by atoms with Gasteiger partial charge >= 0.3 is 0 Å². The van der Waals surface area contributed by atoms with E-state index in [9.17, 15) is 18.0 Å². The molecule has 11 heteroatoms. The number of sulfonamides is 1. The van der Waals surface area contributed by atoms with Gasteiger partial charge in [0.05, 0.1) is 11.9 Å². The third kappa shape index (κ3) is 7.34. The Morgan fingerprint density at radius 2 is 1.70 bits per heavy atom. The van der Waals surface area contributed by atoms with Crippen molar-refractivity contribution >= 4 is 66.7 Å². The summed E-state index contributed by atoms with van der Waals surface area (Å²) in [6.07, 6.45) is 1.75. The summed E-state index contributed by atoms with van der Waals surface area (Å²) >= 11 is 16.0. The average Bonchev–Trinajstić information content (AvgIpc) is 2.75. The molecule has 0 aliphatic heterocycles. The molecule has 0 aliphatic carbocycles. The van der Waals surface area contributed by atoms with E-state index in [2.05, 4.69) is 21.2 Å². The Hall–Kier alpha value is -1.81. The molecule has 0 spiro atoms. The van der Waals surface area contributed by atoms with E-state index in [0.717, 1.165) is 17.0 Å². The quantitative estimate of drug-likeness (QED) is 0.451. The highest BCUT2D eigenvalue weighted by molar-refractivity contribution is 9.10. The lowest BCUT2D eigenvalue weighted by atomic mass is 10.1. The van der Waals surface area contributed by atoms with Gasteiger partial charge in [-0.05, 0) is 53.5 Å². The molecular weight excluding hydrogens is 553 g/mol. The Balaban J connectivity index is 2.45. The highest BCUT2D eigenvalue weighted by atomic mass is 79.9. The summed E-state index contributed by atoms with van der Waals surface area (Å²) in [5, 5.41) is 3.45. The van der Waals surface area contributed by atoms with Crippen LogP contribution in [0.2, 0.25) is 10.0 Å². The maximum Gasteiger partial charge on any atom is 0.244 e. The molecule has 0 aliphatic rings. The highest BCUT2D eigenvalue weighted by Crippen LogP contribution is 2.29. The third-order valence-electron chi connectivity index (χ3n) is 4.91. The molecule has 0 heterocycles. The third-order valence-corrected chi connectivity index (χ3v) is 7.41. The van der Waals surface area contributed by atoms with Crippen molar-refractivity contribution in [3.8, 4) is 0 Å². The van der Waals surface area contributed by atoms with Crippen molar-refractivity contribution < 1.29 is 18.0 Å². The van der Waals surface area contributed by atoms with Gasteiger partial charge < -0.3 is 10.2 Å². The predicted molar refractivity (Wildman–Crippen MR) is 136 cm³/mol. The zero-order chi connectivity index (χ0) is 24.8. The molecule has 0 aromatic heterocycles. The van der Waals surface area contributed by atoms with Crippen LogP contribution in [0.5, 0.6) is 0 Å². The molecule has 2 aromatic rings. The van der Waals surface area contributed by atoms with Crippen molar-refractivity contribution in [3.63, 3.8) is 0 Å². The predicted octanol–water partition coefficient (Wildman–Crippen LogP) is 4.47. The summed E-state index contributed by atoms with van der Waals surface area (Å²) in [7, 11) is -3.82. The van der Waals surface area contributed by atoms with Gasteiger partial charge in [-0.3, -0.25) is 13.9 Å². The van der Waals surface area contributed by atoms with Gasteiger partial charge in [-0.1, -0.05) is 48.3 Å². The van der Waals surface area contributed by atoms with Crippen molar-refractivity contribution in [2.75, 3.05) is 23.7 Å². The lowest BCUT2D eigenvalue weighted by Crippen LogP contribution is -2.51. The van der Waals surface area contributed by atoms with E-state index in [1.165, 1.54) is 4.90 Å². The van der Waals surface area contributed by atoms with E-state index in [4.69, 9.17) is 23.2 Å². The molecule has 0 unspecified atom stereocenters. The zero-order valence-electron chi connectivity index (χ0n) is 18.5. The normalized spacial score (nSPS) is 12.2. The van der Waals surface area contributed by atoms with E-state index in [-0.39, 0.29) is 12.5 Å². The van der Waals surface area contributed by atoms with Crippen LogP contribution in [-0.4, -0.2) is 50.5 Å². The summed E-state index contributed by atoms with van der Waals surface area (Å²) in [5.74, 6) is -0.938. The number of hydrogen-bond acceptors (Lipinski definition) is 4. The minimum Gasteiger partial charge on any atom is -0.354 e. The molecule has 7 nitrogen and oxygen atoms in total. The van der Waals surface area contributed by atoms with Crippen LogP contribution in [0.4, 0.5) is 5.69 Å². The van der Waals surface area contributed by atoms with Gasteiger partial charge in [-0.2, -0.15) is 0 Å². The first-order valence-electron chi connectivity index (χ1n) is 10.2. The molecule has 0 saturated carbocycles. The van der Waals surface area contributed by atoms with Gasteiger partial charge in [0.1, 0.15) is 12.6 Å². The minimum absolute atomic E-state index is 0.0639. The maximum atomic E-state index is 13.5. The van der Waals surface area contributed by atoms with Crippen LogP contribution in [0.1, 0.15) is 25.8 Å². The number of halogens is 3. The number of nitrogens with one attached hydrogen (secondary N) is 1. The van der Waals surface area contributed by atoms with Gasteiger partial charge in [-0.15, -0.1) is 0 Å². The second kappa shape index (κ2) is 12.1. The van der Waals surface area contributed by atoms with Crippen molar-refractivity contribution in [1.82, 2.24) is 10.2 Å². The number of para-hydroxylation sites is 1. The van der Waals surface area contributed by atoms with Crippen LogP contribution < -0.4 is 9.62 Å². The molecule has 2 aromatic carbocycles. The molecule has 0 fully saturated rings. The Morgan fingerprint density at radius 1 is 1.09 bits per heavy atom. The molecule has 0 radical (unpaired) electrons. The topological polar surface area (TPSA) is 86.8 Å². The van der Waals surface area contributed by atoms with E-state index in [1.807, 2.05) is 6.92 Å². The van der Waals surface area contributed by atoms with Crippen LogP contribution in [-0.2, 0) is 26.2 Å². The first-order valence-corrected chi connectivity index (χ1v) is 13.6. The fourth-order valence-corrected chi connectivity index (χ4v) is 5.08. The number of amides is 2. The Labute approximate surface area is 213 Å². The van der Waals surface area contributed by atoms with Gasteiger partial charge in [0.15, 0.2) is 0 Å². The van der Waals surface area contributed by atoms with Gasteiger partial charge in [-0.25, -0.2) is 8.42 Å². The minimum atomic E-state index is -3.82. The fourth-order valence-electron chi connectivity index (χ4n) is 3.08. The number of carbonyl (C=O) groups excluding carboxylic acids is 2. The standard InChI is InChI=1S/C22H26BrCl2N3O4S/c1-4-12-26-22(30)15(2)27(13-16-18(24)9-7-10-19(16)25)21(29)14-28(33(3,31)32)20-11-6-5-8-17(20)23/h5-11,15H,4,12-14H2,1-3H3,(H,26,30)/t15-/m1/s1. The maximum absolute atomic E-state index is 13.5. The average molecular weight is 579 g/mol. The van der Waals surface area contributed by atoms with Gasteiger partial charge in [0, 0.05) is 33.2 Å². The van der Waals surface area contributed by atoms with Gasteiger partial charge in [0.25, 0.3) is 0 Å². The number of benzene rings is 2. The molecule has 2 rings (SSSR count). The summed E-state index contributed by atoms with van der Waals surface area (Å²) < 4.78 is 26.6. The van der Waals surface area contributed by atoms with Crippen molar-refractivity contribution in [2.45, 2.75) is 32.9 Å². The first kappa shape index (κ1) is 27.4. The molecule has 33 heavy (non-hydrogen) atoms. The number of carbonyl (C=O) groups is 2. The van der Waals surface area contributed by atoms with Crippen LogP contribution in [0, 0.1) is 0 Å². The molecule has 1 atom stereocenters. The van der Waals surface area contributed by atoms with Crippen LogP contribution in [0.15, 0.2) is 46.9 Å². The van der Waals surface area contributed by atoms with E-state index in [0.29, 0.717) is 32.3 Å². The fraction of sp³-hybridized carbons (Fsp3) is 0.364. The lowest BCUT2D eigenvalue weighted by Gasteiger charge is -2.32. The smallest absolute Gasteiger partial charge is 0.244 e. The Bertz CT molecular complexity index is 1090. The van der Waals surface area contributed by atoms with Crippen LogP contribution >= 0.6 is 39.1 Å². The molecule has 2 amide bonds. The molecule has 1 N–H and O–H groups in total. The summed E-state index contributed by atoms with van der Waals surface area (Å²) in [4.78, 5) is 27.5. The second-order valence-corrected chi connectivity index (χ2v) is 11.0. The lowest BCUT2D eigenvalue weighted by molar-refractivity contribution is -0.139. The molecule has 0 saturated heterocycles. The molecule has 180 valence electrons. The van der Waals surface area contributed by atoms with Crippen LogP contribution in [0.3, 0.4) is 0 Å². The SMILES string of the molecule is CCCNC(=O)[C@@H](C)N(Cc1c(Cl)cccc1Cl)C(=O)CN(c1ccccc1Br)S(C)(=O)=O.